The smallest absolute Gasteiger partial charge is 0.260 e. The van der Waals surface area contributed by atoms with Gasteiger partial charge in [-0.25, -0.2) is 9.13 Å². The van der Waals surface area contributed by atoms with E-state index in [1.54, 1.807) is 0 Å². The Kier molecular flexibility index (Phi) is 1.90. The van der Waals surface area contributed by atoms with Crippen LogP contribution in [0.25, 0.3) is 11.4 Å². The van der Waals surface area contributed by atoms with E-state index >= 15 is 0 Å². The molecule has 1 aliphatic rings. The zero-order valence-corrected chi connectivity index (χ0v) is 9.99. The Bertz CT molecular complexity index is 567. The predicted molar refractivity (Wildman–Crippen MR) is 62.0 cm³/mol. The Balaban J connectivity index is 2.37. The topological polar surface area (TPSA) is 21.7 Å². The second kappa shape index (κ2) is 3.17. The quantitative estimate of drug-likeness (QED) is 0.610. The number of aromatic nitrogens is 3. The fraction of sp³-hybridized carbons (Fsp3) is 0.385. The molecule has 0 amide bonds. The second-order valence-electron chi connectivity index (χ2n) is 4.56. The Labute approximate surface area is 95.4 Å². The average molecular weight is 214 g/mol. The average Bonchev–Trinajstić information content (AvgIpc) is 2.55. The van der Waals surface area contributed by atoms with E-state index in [9.17, 15) is 0 Å². The van der Waals surface area contributed by atoms with Gasteiger partial charge in [0.15, 0.2) is 0 Å². The standard InChI is InChI=1S/C13H16N3/c1-9-4-6-14-11-5-7-16-10(2)8-15(3)13(16)12(9)11/h4,6,8H,5,7H2,1-3H3/q+1. The summed E-state index contributed by atoms with van der Waals surface area (Å²) in [5, 5.41) is 0. The van der Waals surface area contributed by atoms with Crippen molar-refractivity contribution >= 4 is 0 Å². The molecule has 0 fully saturated rings. The molecule has 0 unspecified atom stereocenters. The van der Waals surface area contributed by atoms with Crippen LogP contribution >= 0.6 is 0 Å². The molecule has 1 aliphatic heterocycles. The highest BCUT2D eigenvalue weighted by Crippen LogP contribution is 2.29. The lowest BCUT2D eigenvalue weighted by Gasteiger charge is -2.15. The molecule has 2 aromatic rings. The van der Waals surface area contributed by atoms with Crippen LogP contribution in [0.2, 0.25) is 0 Å². The summed E-state index contributed by atoms with van der Waals surface area (Å²) < 4.78 is 4.60. The van der Waals surface area contributed by atoms with Gasteiger partial charge in [-0.05, 0) is 18.6 Å². The Morgan fingerprint density at radius 1 is 1.38 bits per heavy atom. The van der Waals surface area contributed by atoms with Crippen LogP contribution in [0.5, 0.6) is 0 Å². The van der Waals surface area contributed by atoms with Crippen molar-refractivity contribution < 1.29 is 4.57 Å². The summed E-state index contributed by atoms with van der Waals surface area (Å²) in [6, 6.07) is 2.09. The molecule has 0 saturated carbocycles. The van der Waals surface area contributed by atoms with E-state index in [0.29, 0.717) is 0 Å². The molecule has 0 saturated heterocycles. The largest absolute Gasteiger partial charge is 0.291 e. The maximum absolute atomic E-state index is 4.50. The Hall–Kier alpha value is -1.64. The van der Waals surface area contributed by atoms with Gasteiger partial charge in [0, 0.05) is 19.5 Å². The molecule has 0 aliphatic carbocycles. The Morgan fingerprint density at radius 3 is 3.00 bits per heavy atom. The van der Waals surface area contributed by atoms with Crippen molar-refractivity contribution in [2.45, 2.75) is 26.8 Å². The van der Waals surface area contributed by atoms with Crippen molar-refractivity contribution in [1.82, 2.24) is 9.55 Å². The van der Waals surface area contributed by atoms with E-state index < -0.39 is 0 Å². The number of nitrogens with zero attached hydrogens (tertiary/aromatic N) is 3. The number of rotatable bonds is 0. The van der Waals surface area contributed by atoms with Gasteiger partial charge in [-0.1, -0.05) is 0 Å². The van der Waals surface area contributed by atoms with Gasteiger partial charge in [0.2, 0.25) is 0 Å². The molecular formula is C13H16N3+. The van der Waals surface area contributed by atoms with Gasteiger partial charge in [-0.3, -0.25) is 4.98 Å². The summed E-state index contributed by atoms with van der Waals surface area (Å²) in [6.45, 7) is 5.38. The third-order valence-electron chi connectivity index (χ3n) is 3.43. The first-order valence-electron chi connectivity index (χ1n) is 5.69. The fourth-order valence-electron chi connectivity index (χ4n) is 2.69. The molecule has 0 atom stereocenters. The summed E-state index contributed by atoms with van der Waals surface area (Å²) in [5.74, 6) is 1.30. The summed E-state index contributed by atoms with van der Waals surface area (Å²) in [7, 11) is 2.11. The number of hydrogen-bond acceptors (Lipinski definition) is 1. The van der Waals surface area contributed by atoms with Crippen LogP contribution in [0.4, 0.5) is 0 Å². The van der Waals surface area contributed by atoms with Crippen LogP contribution < -0.4 is 4.57 Å². The van der Waals surface area contributed by atoms with Crippen molar-refractivity contribution in [2.75, 3.05) is 0 Å². The first-order chi connectivity index (χ1) is 7.68. The molecule has 16 heavy (non-hydrogen) atoms. The fourth-order valence-corrected chi connectivity index (χ4v) is 2.69. The maximum atomic E-state index is 4.50. The number of imidazole rings is 1. The lowest BCUT2D eigenvalue weighted by atomic mass is 10.0. The van der Waals surface area contributed by atoms with Crippen LogP contribution in [-0.4, -0.2) is 9.55 Å². The van der Waals surface area contributed by atoms with Gasteiger partial charge in [-0.2, -0.15) is 0 Å². The molecule has 2 aromatic heterocycles. The van der Waals surface area contributed by atoms with Crippen molar-refractivity contribution in [3.63, 3.8) is 0 Å². The van der Waals surface area contributed by atoms with Crippen molar-refractivity contribution in [3.8, 4) is 11.4 Å². The second-order valence-corrected chi connectivity index (χ2v) is 4.56. The van der Waals surface area contributed by atoms with Gasteiger partial charge in [0.25, 0.3) is 5.82 Å². The molecule has 3 nitrogen and oxygen atoms in total. The van der Waals surface area contributed by atoms with Gasteiger partial charge in [-0.15, -0.1) is 0 Å². The number of hydrogen-bond donors (Lipinski definition) is 0. The molecule has 0 bridgehead atoms. The zero-order chi connectivity index (χ0) is 11.3. The van der Waals surface area contributed by atoms with E-state index in [-0.39, 0.29) is 0 Å². The first kappa shape index (κ1) is 9.58. The summed E-state index contributed by atoms with van der Waals surface area (Å²) in [5.41, 5.74) is 5.21. The van der Waals surface area contributed by atoms with Gasteiger partial charge in [0.1, 0.15) is 11.9 Å². The molecule has 0 aromatic carbocycles. The maximum Gasteiger partial charge on any atom is 0.291 e. The SMILES string of the molecule is Cc1ccnc2c1-c1n(c(C)c[n+]1C)CC2. The highest BCUT2D eigenvalue weighted by molar-refractivity contribution is 5.62. The third kappa shape index (κ3) is 1.14. The van der Waals surface area contributed by atoms with Crippen molar-refractivity contribution in [2.24, 2.45) is 7.05 Å². The van der Waals surface area contributed by atoms with Gasteiger partial charge >= 0.3 is 0 Å². The van der Waals surface area contributed by atoms with Crippen molar-refractivity contribution in [1.29, 1.82) is 0 Å². The number of pyridine rings is 1. The van der Waals surface area contributed by atoms with Crippen LogP contribution in [0.15, 0.2) is 18.5 Å². The molecule has 3 heteroatoms. The minimum absolute atomic E-state index is 1.04. The highest BCUT2D eigenvalue weighted by atomic mass is 15.2. The normalized spacial score (nSPS) is 13.4. The highest BCUT2D eigenvalue weighted by Gasteiger charge is 2.29. The molecular weight excluding hydrogens is 198 g/mol. The first-order valence-corrected chi connectivity index (χ1v) is 5.69. The van der Waals surface area contributed by atoms with Crippen LogP contribution in [0, 0.1) is 13.8 Å². The third-order valence-corrected chi connectivity index (χ3v) is 3.43. The van der Waals surface area contributed by atoms with E-state index in [1.807, 2.05) is 6.20 Å². The molecule has 82 valence electrons. The van der Waals surface area contributed by atoms with Crippen LogP contribution in [0.3, 0.4) is 0 Å². The summed E-state index contributed by atoms with van der Waals surface area (Å²) in [4.78, 5) is 4.50. The molecule has 0 N–H and O–H groups in total. The minimum Gasteiger partial charge on any atom is -0.260 e. The molecule has 0 radical (unpaired) electrons. The van der Waals surface area contributed by atoms with E-state index in [2.05, 4.69) is 47.3 Å². The van der Waals surface area contributed by atoms with Gasteiger partial charge in [0.05, 0.1) is 24.8 Å². The van der Waals surface area contributed by atoms with Crippen LogP contribution in [0.1, 0.15) is 17.0 Å². The van der Waals surface area contributed by atoms with Crippen molar-refractivity contribution in [3.05, 3.63) is 35.4 Å². The zero-order valence-electron chi connectivity index (χ0n) is 9.99. The number of fused-ring (bicyclic) bond motifs is 3. The number of aryl methyl sites for hydroxylation is 4. The van der Waals surface area contributed by atoms with Crippen LogP contribution in [-0.2, 0) is 20.0 Å². The van der Waals surface area contributed by atoms with Gasteiger partial charge < -0.3 is 0 Å². The molecule has 3 heterocycles. The monoisotopic (exact) mass is 214 g/mol. The summed E-state index contributed by atoms with van der Waals surface area (Å²) >= 11 is 0. The predicted octanol–water partition coefficient (Wildman–Crippen LogP) is 1.55. The Morgan fingerprint density at radius 2 is 2.19 bits per heavy atom. The van der Waals surface area contributed by atoms with E-state index in [0.717, 1.165) is 13.0 Å². The molecule has 3 rings (SSSR count). The lowest BCUT2D eigenvalue weighted by Crippen LogP contribution is -2.31. The van der Waals surface area contributed by atoms with E-state index in [1.165, 1.54) is 28.3 Å². The van der Waals surface area contributed by atoms with E-state index in [4.69, 9.17) is 0 Å². The molecule has 0 spiro atoms. The lowest BCUT2D eigenvalue weighted by molar-refractivity contribution is -0.660. The summed E-state index contributed by atoms with van der Waals surface area (Å²) in [6.07, 6.45) is 5.15. The minimum atomic E-state index is 1.04.